The van der Waals surface area contributed by atoms with Crippen molar-refractivity contribution in [2.24, 2.45) is 5.16 Å². The molecule has 0 spiro atoms. The lowest BCUT2D eigenvalue weighted by Gasteiger charge is -2.04. The normalized spacial score (nSPS) is 11.2. The van der Waals surface area contributed by atoms with E-state index >= 15 is 0 Å². The van der Waals surface area contributed by atoms with E-state index in [1.807, 2.05) is 6.07 Å². The van der Waals surface area contributed by atoms with Crippen LogP contribution in [0.2, 0.25) is 0 Å². The molecule has 0 aliphatic carbocycles. The van der Waals surface area contributed by atoms with Gasteiger partial charge in [-0.1, -0.05) is 16.8 Å². The average Bonchev–Trinajstić information content (AvgIpc) is 2.90. The van der Waals surface area contributed by atoms with Crippen LogP contribution in [-0.2, 0) is 0 Å². The fourth-order valence-electron chi connectivity index (χ4n) is 1.34. The van der Waals surface area contributed by atoms with Gasteiger partial charge >= 0.3 is 0 Å². The van der Waals surface area contributed by atoms with Gasteiger partial charge in [-0.2, -0.15) is 10.4 Å². The highest BCUT2D eigenvalue weighted by atomic mass is 35.5. The third-order valence-electron chi connectivity index (χ3n) is 2.11. The third-order valence-corrected chi connectivity index (χ3v) is 2.40. The second-order valence-electron chi connectivity index (χ2n) is 3.07. The third kappa shape index (κ3) is 2.09. The summed E-state index contributed by atoms with van der Waals surface area (Å²) in [4.78, 5) is 3.80. The van der Waals surface area contributed by atoms with E-state index in [0.29, 0.717) is 16.8 Å². The summed E-state index contributed by atoms with van der Waals surface area (Å²) in [5.41, 5.74) is 1.39. The van der Waals surface area contributed by atoms with Gasteiger partial charge in [-0.15, -0.1) is 0 Å². The lowest BCUT2D eigenvalue weighted by Crippen LogP contribution is -2.00. The van der Waals surface area contributed by atoms with Crippen molar-refractivity contribution in [2.75, 3.05) is 0 Å². The van der Waals surface area contributed by atoms with E-state index < -0.39 is 0 Å². The molecule has 0 radical (unpaired) electrons. The Morgan fingerprint density at radius 3 is 2.94 bits per heavy atom. The zero-order valence-electron chi connectivity index (χ0n) is 8.45. The van der Waals surface area contributed by atoms with E-state index in [1.165, 1.54) is 23.4 Å². The predicted molar refractivity (Wildman–Crippen MR) is 60.3 cm³/mol. The molecule has 0 unspecified atom stereocenters. The molecule has 0 aliphatic heterocycles. The molecule has 6 nitrogen and oxygen atoms in total. The largest absolute Gasteiger partial charge is 0.410 e. The van der Waals surface area contributed by atoms with Crippen molar-refractivity contribution in [1.29, 1.82) is 5.26 Å². The Morgan fingerprint density at radius 2 is 2.35 bits per heavy atom. The maximum Gasteiger partial charge on any atom is 0.175 e. The van der Waals surface area contributed by atoms with E-state index in [4.69, 9.17) is 22.1 Å². The number of oxime groups is 1. The number of nitrogens with zero attached hydrogens (tertiary/aromatic N) is 5. The Balaban J connectivity index is 2.55. The molecule has 0 fully saturated rings. The molecular weight excluding hydrogens is 242 g/mol. The maximum absolute atomic E-state index is 9.04. The Bertz CT molecular complexity index is 600. The number of rotatable bonds is 2. The summed E-state index contributed by atoms with van der Waals surface area (Å²) in [5.74, 6) is 0. The van der Waals surface area contributed by atoms with Crippen LogP contribution in [0.25, 0.3) is 5.69 Å². The molecule has 84 valence electrons. The first-order valence-corrected chi connectivity index (χ1v) is 4.91. The fourth-order valence-corrected chi connectivity index (χ4v) is 1.46. The Labute approximate surface area is 101 Å². The molecule has 1 N–H and O–H groups in total. The molecule has 0 saturated heterocycles. The zero-order valence-corrected chi connectivity index (χ0v) is 9.20. The SMILES string of the molecule is N#Cc1cc(/C(Cl)=N/O)ccc1-n1cncn1. The minimum Gasteiger partial charge on any atom is -0.410 e. The molecule has 7 heteroatoms. The van der Waals surface area contributed by atoms with Gasteiger partial charge in [-0.25, -0.2) is 9.67 Å². The first-order chi connectivity index (χ1) is 8.26. The standard InChI is InChI=1S/C10H6ClN5O/c11-10(15-17)7-1-2-9(8(3-7)4-12)16-6-13-5-14-16/h1-3,5-6,17H/b15-10-. The quantitative estimate of drug-likeness (QED) is 0.495. The van der Waals surface area contributed by atoms with Crippen molar-refractivity contribution < 1.29 is 5.21 Å². The van der Waals surface area contributed by atoms with Gasteiger partial charge in [0.05, 0.1) is 11.3 Å². The molecule has 1 aromatic carbocycles. The van der Waals surface area contributed by atoms with E-state index in [-0.39, 0.29) is 5.17 Å². The molecule has 1 heterocycles. The van der Waals surface area contributed by atoms with E-state index in [2.05, 4.69) is 15.2 Å². The molecule has 1 aromatic heterocycles. The summed E-state index contributed by atoms with van der Waals surface area (Å²) in [7, 11) is 0. The van der Waals surface area contributed by atoms with Crippen molar-refractivity contribution in [1.82, 2.24) is 14.8 Å². The van der Waals surface area contributed by atoms with Gasteiger partial charge < -0.3 is 5.21 Å². The number of halogens is 1. The van der Waals surface area contributed by atoms with Crippen molar-refractivity contribution in [2.45, 2.75) is 0 Å². The molecule has 0 aliphatic rings. The highest BCUT2D eigenvalue weighted by molar-refractivity contribution is 6.69. The molecular formula is C10H6ClN5O. The van der Waals surface area contributed by atoms with Crippen molar-refractivity contribution in [3.05, 3.63) is 42.0 Å². The number of hydrogen-bond donors (Lipinski definition) is 1. The second kappa shape index (κ2) is 4.63. The van der Waals surface area contributed by atoms with E-state index in [9.17, 15) is 0 Å². The van der Waals surface area contributed by atoms with Crippen LogP contribution in [0.4, 0.5) is 0 Å². The summed E-state index contributed by atoms with van der Waals surface area (Å²) >= 11 is 5.65. The van der Waals surface area contributed by atoms with Crippen LogP contribution in [-0.4, -0.2) is 25.1 Å². The van der Waals surface area contributed by atoms with Crippen LogP contribution in [0, 0.1) is 11.3 Å². The maximum atomic E-state index is 9.04. The smallest absolute Gasteiger partial charge is 0.175 e. The molecule has 2 aromatic rings. The number of hydrogen-bond acceptors (Lipinski definition) is 5. The predicted octanol–water partition coefficient (Wildman–Crippen LogP) is 1.51. The topological polar surface area (TPSA) is 87.1 Å². The average molecular weight is 248 g/mol. The van der Waals surface area contributed by atoms with Gasteiger partial charge in [0.1, 0.15) is 18.7 Å². The van der Waals surface area contributed by atoms with Gasteiger partial charge in [-0.3, -0.25) is 0 Å². The minimum absolute atomic E-state index is 0.0772. The molecule has 0 amide bonds. The molecule has 0 saturated carbocycles. The first-order valence-electron chi connectivity index (χ1n) is 4.53. The van der Waals surface area contributed by atoms with Crippen molar-refractivity contribution in [3.63, 3.8) is 0 Å². The molecule has 0 atom stereocenters. The molecule has 0 bridgehead atoms. The first kappa shape index (κ1) is 11.1. The van der Waals surface area contributed by atoms with Crippen LogP contribution in [0.15, 0.2) is 36.0 Å². The highest BCUT2D eigenvalue weighted by Crippen LogP contribution is 2.16. The van der Waals surface area contributed by atoms with Gasteiger partial charge in [0.15, 0.2) is 5.17 Å². The number of aromatic nitrogens is 3. The lowest BCUT2D eigenvalue weighted by atomic mass is 10.1. The van der Waals surface area contributed by atoms with Crippen LogP contribution in [0.3, 0.4) is 0 Å². The van der Waals surface area contributed by atoms with Gasteiger partial charge in [0.2, 0.25) is 0 Å². The lowest BCUT2D eigenvalue weighted by molar-refractivity contribution is 0.321. The monoisotopic (exact) mass is 247 g/mol. The van der Waals surface area contributed by atoms with E-state index in [1.54, 1.807) is 12.1 Å². The van der Waals surface area contributed by atoms with Gasteiger partial charge in [0.25, 0.3) is 0 Å². The summed E-state index contributed by atoms with van der Waals surface area (Å²) < 4.78 is 1.46. The van der Waals surface area contributed by atoms with Crippen LogP contribution >= 0.6 is 11.6 Å². The summed E-state index contributed by atoms with van der Waals surface area (Å²) in [6.45, 7) is 0. The summed E-state index contributed by atoms with van der Waals surface area (Å²) in [6.07, 6.45) is 2.86. The highest BCUT2D eigenvalue weighted by Gasteiger charge is 2.08. The molecule has 2 rings (SSSR count). The summed E-state index contributed by atoms with van der Waals surface area (Å²) in [6, 6.07) is 6.81. The van der Waals surface area contributed by atoms with Crippen LogP contribution in [0.1, 0.15) is 11.1 Å². The van der Waals surface area contributed by atoms with Crippen molar-refractivity contribution in [3.8, 4) is 11.8 Å². The summed E-state index contributed by atoms with van der Waals surface area (Å²) in [5, 5.41) is 24.3. The number of nitriles is 1. The molecule has 17 heavy (non-hydrogen) atoms. The Morgan fingerprint density at radius 1 is 1.53 bits per heavy atom. The van der Waals surface area contributed by atoms with Crippen LogP contribution < -0.4 is 0 Å². The van der Waals surface area contributed by atoms with E-state index in [0.717, 1.165) is 0 Å². The van der Waals surface area contributed by atoms with Crippen LogP contribution in [0.5, 0.6) is 0 Å². The van der Waals surface area contributed by atoms with Gasteiger partial charge in [-0.05, 0) is 18.2 Å². The Kier molecular flexibility index (Phi) is 3.03. The minimum atomic E-state index is -0.0772. The fraction of sp³-hybridized carbons (Fsp3) is 0. The number of benzene rings is 1. The van der Waals surface area contributed by atoms with Crippen molar-refractivity contribution >= 4 is 16.8 Å². The second-order valence-corrected chi connectivity index (χ2v) is 3.43. The Hall–Kier alpha value is -2.39. The zero-order chi connectivity index (χ0) is 12.3. The van der Waals surface area contributed by atoms with Gasteiger partial charge in [0, 0.05) is 5.56 Å².